The third-order valence-corrected chi connectivity index (χ3v) is 2.88. The Bertz CT molecular complexity index is 336. The molecule has 0 unspecified atom stereocenters. The van der Waals surface area contributed by atoms with Crippen LogP contribution in [-0.4, -0.2) is 13.2 Å². The summed E-state index contributed by atoms with van der Waals surface area (Å²) >= 11 is 3.45. The number of rotatable bonds is 6. The Morgan fingerprint density at radius 1 is 1.41 bits per heavy atom. The zero-order valence-electron chi connectivity index (χ0n) is 9.99. The molecule has 1 rings (SSSR count). The first kappa shape index (κ1) is 16.7. The molecule has 3 nitrogen and oxygen atoms in total. The highest BCUT2D eigenvalue weighted by Gasteiger charge is 2.12. The molecule has 0 saturated heterocycles. The minimum Gasteiger partial charge on any atom is -0.494 e. The second-order valence-corrected chi connectivity index (χ2v) is 4.57. The maximum absolute atomic E-state index is 6.12. The van der Waals surface area contributed by atoms with Gasteiger partial charge in [-0.2, -0.15) is 0 Å². The molecule has 0 radical (unpaired) electrons. The minimum atomic E-state index is -0.0115. The molecule has 98 valence electrons. The fraction of sp³-hybridized carbons (Fsp3) is 0.500. The van der Waals surface area contributed by atoms with Gasteiger partial charge in [-0.25, -0.2) is 0 Å². The molecule has 0 aliphatic carbocycles. The van der Waals surface area contributed by atoms with Crippen LogP contribution in [0.3, 0.4) is 0 Å². The Hall–Kier alpha value is -0.290. The second-order valence-electron chi connectivity index (χ2n) is 3.65. The Balaban J connectivity index is 0.00000256. The van der Waals surface area contributed by atoms with Gasteiger partial charge in [0.1, 0.15) is 5.75 Å². The van der Waals surface area contributed by atoms with Crippen molar-refractivity contribution in [1.82, 2.24) is 0 Å². The lowest BCUT2D eigenvalue weighted by Crippen LogP contribution is -2.14. The van der Waals surface area contributed by atoms with Crippen LogP contribution < -0.4 is 16.2 Å². The molecule has 0 amide bonds. The van der Waals surface area contributed by atoms with Crippen molar-refractivity contribution in [1.29, 1.82) is 0 Å². The first-order valence-corrected chi connectivity index (χ1v) is 6.36. The van der Waals surface area contributed by atoms with Gasteiger partial charge in [-0.1, -0.05) is 15.9 Å². The first-order chi connectivity index (χ1) is 7.69. The third-order valence-electron chi connectivity index (χ3n) is 2.39. The maximum Gasteiger partial charge on any atom is 0.124 e. The van der Waals surface area contributed by atoms with Crippen LogP contribution in [-0.2, 0) is 0 Å². The predicted octanol–water partition coefficient (Wildman–Crippen LogP) is 3.01. The second kappa shape index (κ2) is 8.75. The maximum atomic E-state index is 6.12. The molecule has 0 fully saturated rings. The average Bonchev–Trinajstić information content (AvgIpc) is 2.28. The Morgan fingerprint density at radius 3 is 2.71 bits per heavy atom. The van der Waals surface area contributed by atoms with Gasteiger partial charge in [0, 0.05) is 16.1 Å². The van der Waals surface area contributed by atoms with Crippen molar-refractivity contribution < 1.29 is 4.74 Å². The molecular formula is C12H20BrClN2O. The van der Waals surface area contributed by atoms with Crippen molar-refractivity contribution in [3.8, 4) is 5.75 Å². The van der Waals surface area contributed by atoms with E-state index in [0.717, 1.165) is 28.6 Å². The Morgan fingerprint density at radius 2 is 2.12 bits per heavy atom. The van der Waals surface area contributed by atoms with E-state index in [1.807, 2.05) is 25.1 Å². The summed E-state index contributed by atoms with van der Waals surface area (Å²) in [4.78, 5) is 0. The van der Waals surface area contributed by atoms with Crippen molar-refractivity contribution >= 4 is 28.3 Å². The van der Waals surface area contributed by atoms with Gasteiger partial charge in [-0.15, -0.1) is 12.4 Å². The monoisotopic (exact) mass is 322 g/mol. The normalized spacial score (nSPS) is 11.8. The standard InChI is InChI=1S/C12H19BrN2O.ClH/c1-2-16-12-6-5-9(13)8-10(12)11(15)4-3-7-14;/h5-6,8,11H,2-4,7,14-15H2,1H3;1H/t11-;/m0./s1. The molecule has 1 atom stereocenters. The molecule has 0 saturated carbocycles. The van der Waals surface area contributed by atoms with Gasteiger partial charge < -0.3 is 16.2 Å². The zero-order chi connectivity index (χ0) is 12.0. The van der Waals surface area contributed by atoms with Crippen LogP contribution in [0.25, 0.3) is 0 Å². The lowest BCUT2D eigenvalue weighted by Gasteiger charge is -2.16. The van der Waals surface area contributed by atoms with E-state index < -0.39 is 0 Å². The van der Waals surface area contributed by atoms with E-state index in [-0.39, 0.29) is 18.4 Å². The molecule has 0 aliphatic rings. The highest BCUT2D eigenvalue weighted by atomic mass is 79.9. The fourth-order valence-corrected chi connectivity index (χ4v) is 1.97. The quantitative estimate of drug-likeness (QED) is 0.846. The van der Waals surface area contributed by atoms with E-state index >= 15 is 0 Å². The lowest BCUT2D eigenvalue weighted by molar-refractivity contribution is 0.333. The molecule has 1 aromatic rings. The SMILES string of the molecule is CCOc1ccc(Br)cc1[C@@H](N)CCCN.Cl. The van der Waals surface area contributed by atoms with Gasteiger partial charge in [0.05, 0.1) is 6.61 Å². The van der Waals surface area contributed by atoms with E-state index in [1.165, 1.54) is 0 Å². The summed E-state index contributed by atoms with van der Waals surface area (Å²) in [5, 5.41) is 0. The van der Waals surface area contributed by atoms with Crippen LogP contribution in [0, 0.1) is 0 Å². The highest BCUT2D eigenvalue weighted by molar-refractivity contribution is 9.10. The highest BCUT2D eigenvalue weighted by Crippen LogP contribution is 2.29. The van der Waals surface area contributed by atoms with Crippen LogP contribution >= 0.6 is 28.3 Å². The zero-order valence-corrected chi connectivity index (χ0v) is 12.4. The average molecular weight is 324 g/mol. The van der Waals surface area contributed by atoms with Crippen LogP contribution in [0.15, 0.2) is 22.7 Å². The van der Waals surface area contributed by atoms with Crippen LogP contribution in [0.2, 0.25) is 0 Å². The summed E-state index contributed by atoms with van der Waals surface area (Å²) in [6.45, 7) is 3.29. The fourth-order valence-electron chi connectivity index (χ4n) is 1.59. The number of nitrogens with two attached hydrogens (primary N) is 2. The summed E-state index contributed by atoms with van der Waals surface area (Å²) in [7, 11) is 0. The van der Waals surface area contributed by atoms with Crippen molar-refractivity contribution in [2.75, 3.05) is 13.2 Å². The van der Waals surface area contributed by atoms with E-state index in [4.69, 9.17) is 16.2 Å². The number of benzene rings is 1. The van der Waals surface area contributed by atoms with Crippen molar-refractivity contribution in [2.24, 2.45) is 11.5 Å². The molecule has 0 bridgehead atoms. The predicted molar refractivity (Wildman–Crippen MR) is 77.8 cm³/mol. The van der Waals surface area contributed by atoms with E-state index in [2.05, 4.69) is 15.9 Å². The molecule has 0 heterocycles. The van der Waals surface area contributed by atoms with Gasteiger partial charge in [0.2, 0.25) is 0 Å². The van der Waals surface area contributed by atoms with Gasteiger partial charge in [-0.05, 0) is 44.5 Å². The summed E-state index contributed by atoms with van der Waals surface area (Å²) in [5.41, 5.74) is 12.7. The summed E-state index contributed by atoms with van der Waals surface area (Å²) in [5.74, 6) is 0.871. The van der Waals surface area contributed by atoms with Crippen LogP contribution in [0.5, 0.6) is 5.75 Å². The van der Waals surface area contributed by atoms with Crippen molar-refractivity contribution in [3.63, 3.8) is 0 Å². The Kier molecular flexibility index (Phi) is 8.60. The molecule has 0 spiro atoms. The smallest absolute Gasteiger partial charge is 0.124 e. The number of hydrogen-bond donors (Lipinski definition) is 2. The van der Waals surface area contributed by atoms with E-state index in [0.29, 0.717) is 13.2 Å². The van der Waals surface area contributed by atoms with Gasteiger partial charge in [0.25, 0.3) is 0 Å². The summed E-state index contributed by atoms with van der Waals surface area (Å²) in [6, 6.07) is 5.92. The molecule has 0 aliphatic heterocycles. The largest absolute Gasteiger partial charge is 0.494 e. The molecule has 0 aromatic heterocycles. The van der Waals surface area contributed by atoms with Crippen molar-refractivity contribution in [2.45, 2.75) is 25.8 Å². The topological polar surface area (TPSA) is 61.3 Å². The molecule has 17 heavy (non-hydrogen) atoms. The van der Waals surface area contributed by atoms with E-state index in [1.54, 1.807) is 0 Å². The van der Waals surface area contributed by atoms with Crippen LogP contribution in [0.1, 0.15) is 31.4 Å². The van der Waals surface area contributed by atoms with E-state index in [9.17, 15) is 0 Å². The van der Waals surface area contributed by atoms with Gasteiger partial charge in [0.15, 0.2) is 0 Å². The summed E-state index contributed by atoms with van der Waals surface area (Å²) in [6.07, 6.45) is 1.81. The minimum absolute atomic E-state index is 0. The molecule has 5 heteroatoms. The number of hydrogen-bond acceptors (Lipinski definition) is 3. The van der Waals surface area contributed by atoms with Gasteiger partial charge in [-0.3, -0.25) is 0 Å². The molecule has 4 N–H and O–H groups in total. The summed E-state index contributed by atoms with van der Waals surface area (Å²) < 4.78 is 6.58. The Labute approximate surface area is 117 Å². The third kappa shape index (κ3) is 5.25. The lowest BCUT2D eigenvalue weighted by atomic mass is 10.0. The molecule has 1 aromatic carbocycles. The van der Waals surface area contributed by atoms with Gasteiger partial charge >= 0.3 is 0 Å². The first-order valence-electron chi connectivity index (χ1n) is 5.57. The van der Waals surface area contributed by atoms with Crippen LogP contribution in [0.4, 0.5) is 0 Å². The van der Waals surface area contributed by atoms with Crippen molar-refractivity contribution in [3.05, 3.63) is 28.2 Å². The number of ether oxygens (including phenoxy) is 1. The number of halogens is 2. The molecular weight excluding hydrogens is 304 g/mol.